The van der Waals surface area contributed by atoms with Crippen molar-refractivity contribution >= 4 is 16.7 Å². The van der Waals surface area contributed by atoms with Gasteiger partial charge in [0.25, 0.3) is 0 Å². The Balaban J connectivity index is 1.82. The maximum atomic E-state index is 9.67. The molecule has 5 nitrogen and oxygen atoms in total. The van der Waals surface area contributed by atoms with Gasteiger partial charge in [-0.15, -0.1) is 0 Å². The van der Waals surface area contributed by atoms with E-state index in [0.717, 1.165) is 38.9 Å². The quantitative estimate of drug-likeness (QED) is 0.320. The van der Waals surface area contributed by atoms with Crippen LogP contribution in [-0.2, 0) is 0 Å². The van der Waals surface area contributed by atoms with Gasteiger partial charge in [0, 0.05) is 28.3 Å². The molecule has 0 radical (unpaired) electrons. The summed E-state index contributed by atoms with van der Waals surface area (Å²) >= 11 is 0. The second-order valence-electron chi connectivity index (χ2n) is 6.01. The predicted molar refractivity (Wildman–Crippen MR) is 96.1 cm³/mol. The topological polar surface area (TPSA) is 81.5 Å². The summed E-state index contributed by atoms with van der Waals surface area (Å²) in [6.45, 7) is 0. The van der Waals surface area contributed by atoms with Gasteiger partial charge in [0.2, 0.25) is 0 Å². The molecule has 0 aliphatic heterocycles. The van der Waals surface area contributed by atoms with Gasteiger partial charge in [0.15, 0.2) is 0 Å². The number of nitrogens with one attached hydrogen (secondary N) is 1. The number of nitrogens with zero attached hydrogens (tertiary/aromatic N) is 2. The van der Waals surface area contributed by atoms with E-state index < -0.39 is 0 Å². The Morgan fingerprint density at radius 3 is 2.44 bits per heavy atom. The molecule has 1 heterocycles. The van der Waals surface area contributed by atoms with Crippen molar-refractivity contribution in [2.75, 3.05) is 0 Å². The molecule has 0 saturated carbocycles. The van der Waals surface area contributed by atoms with E-state index in [-0.39, 0.29) is 5.75 Å². The maximum Gasteiger partial charge on any atom is 0.139 e. The summed E-state index contributed by atoms with van der Waals surface area (Å²) in [7, 11) is 0. The van der Waals surface area contributed by atoms with Crippen molar-refractivity contribution in [3.05, 3.63) is 71.8 Å². The number of rotatable bonds is 1. The molecule has 3 aromatic carbocycles. The molecule has 1 aromatic heterocycles. The number of aromatic amines is 1. The van der Waals surface area contributed by atoms with E-state index in [1.54, 1.807) is 18.2 Å². The van der Waals surface area contributed by atoms with Crippen molar-refractivity contribution < 1.29 is 10.3 Å². The molecule has 5 heteroatoms. The summed E-state index contributed by atoms with van der Waals surface area (Å²) in [4.78, 5) is 7.93. The fourth-order valence-electron chi connectivity index (χ4n) is 3.52. The fourth-order valence-corrected chi connectivity index (χ4v) is 3.52. The molecule has 0 fully saturated rings. The Kier molecular flexibility index (Phi) is 2.73. The third kappa shape index (κ3) is 1.89. The molecule has 3 N–H and O–H groups in total. The van der Waals surface area contributed by atoms with Gasteiger partial charge in [-0.1, -0.05) is 47.6 Å². The number of hydrogen-bond donors (Lipinski definition) is 3. The van der Waals surface area contributed by atoms with Crippen LogP contribution in [0.2, 0.25) is 0 Å². The zero-order valence-electron chi connectivity index (χ0n) is 13.1. The SMILES string of the molecule is O/N=C1\c2ccccc2-c2c1cccc2-c1nc2ccc(O)cc2[nH]1. The molecule has 0 bridgehead atoms. The first-order chi connectivity index (χ1) is 12.3. The molecular weight excluding hydrogens is 314 g/mol. The number of benzene rings is 3. The van der Waals surface area contributed by atoms with E-state index >= 15 is 0 Å². The number of aromatic hydroxyl groups is 1. The van der Waals surface area contributed by atoms with Crippen LogP contribution in [0.15, 0.2) is 65.8 Å². The first kappa shape index (κ1) is 13.8. The Bertz CT molecular complexity index is 1170. The molecule has 0 spiro atoms. The lowest BCUT2D eigenvalue weighted by Gasteiger charge is -2.06. The fraction of sp³-hybridized carbons (Fsp3) is 0. The summed E-state index contributed by atoms with van der Waals surface area (Å²) in [5.41, 5.74) is 6.85. The molecule has 0 unspecified atom stereocenters. The zero-order chi connectivity index (χ0) is 17.0. The highest BCUT2D eigenvalue weighted by molar-refractivity contribution is 6.26. The third-order valence-corrected chi connectivity index (χ3v) is 4.59. The molecule has 5 rings (SSSR count). The van der Waals surface area contributed by atoms with E-state index in [1.165, 1.54) is 0 Å². The Labute approximate surface area is 142 Å². The second-order valence-corrected chi connectivity index (χ2v) is 6.01. The molecule has 1 aliphatic carbocycles. The van der Waals surface area contributed by atoms with Gasteiger partial charge in [-0.3, -0.25) is 0 Å². The summed E-state index contributed by atoms with van der Waals surface area (Å²) in [5.74, 6) is 0.910. The molecule has 1 aliphatic rings. The van der Waals surface area contributed by atoms with Gasteiger partial charge in [0.1, 0.15) is 17.3 Å². The normalized spacial score (nSPS) is 14.0. The molecule has 0 atom stereocenters. The van der Waals surface area contributed by atoms with Crippen molar-refractivity contribution in [2.45, 2.75) is 0 Å². The van der Waals surface area contributed by atoms with Gasteiger partial charge in [-0.05, 0) is 17.7 Å². The van der Waals surface area contributed by atoms with Crippen molar-refractivity contribution in [1.29, 1.82) is 0 Å². The second kappa shape index (κ2) is 4.95. The van der Waals surface area contributed by atoms with Crippen LogP contribution >= 0.6 is 0 Å². The lowest BCUT2D eigenvalue weighted by Crippen LogP contribution is -1.97. The number of H-pyrrole nitrogens is 1. The predicted octanol–water partition coefficient (Wildman–Crippen LogP) is 4.14. The van der Waals surface area contributed by atoms with Crippen molar-refractivity contribution in [2.24, 2.45) is 5.16 Å². The molecular formula is C20H13N3O2. The van der Waals surface area contributed by atoms with Gasteiger partial charge in [-0.2, -0.15) is 0 Å². The minimum atomic E-state index is 0.195. The third-order valence-electron chi connectivity index (χ3n) is 4.59. The average molecular weight is 327 g/mol. The minimum absolute atomic E-state index is 0.195. The van der Waals surface area contributed by atoms with Crippen LogP contribution in [0.25, 0.3) is 33.5 Å². The monoisotopic (exact) mass is 327 g/mol. The number of phenolic OH excluding ortho intramolecular Hbond substituents is 1. The molecule has 0 saturated heterocycles. The number of oxime groups is 1. The Morgan fingerprint density at radius 1 is 0.840 bits per heavy atom. The van der Waals surface area contributed by atoms with E-state index in [9.17, 15) is 10.3 Å². The Hall–Kier alpha value is -3.60. The minimum Gasteiger partial charge on any atom is -0.508 e. The van der Waals surface area contributed by atoms with Gasteiger partial charge in [0.05, 0.1) is 11.0 Å². The van der Waals surface area contributed by atoms with Crippen LogP contribution < -0.4 is 0 Å². The molecule has 0 amide bonds. The van der Waals surface area contributed by atoms with Crippen LogP contribution in [-0.4, -0.2) is 26.0 Å². The smallest absolute Gasteiger partial charge is 0.139 e. The molecule has 25 heavy (non-hydrogen) atoms. The van der Waals surface area contributed by atoms with Crippen molar-refractivity contribution in [3.8, 4) is 28.3 Å². The number of fused-ring (bicyclic) bond motifs is 4. The first-order valence-corrected chi connectivity index (χ1v) is 7.90. The van der Waals surface area contributed by atoms with E-state index in [2.05, 4.69) is 15.1 Å². The summed E-state index contributed by atoms with van der Waals surface area (Å²) in [5, 5.41) is 22.7. The van der Waals surface area contributed by atoms with Crippen LogP contribution in [0.5, 0.6) is 5.75 Å². The first-order valence-electron chi connectivity index (χ1n) is 7.90. The van der Waals surface area contributed by atoms with Crippen molar-refractivity contribution in [3.63, 3.8) is 0 Å². The highest BCUT2D eigenvalue weighted by Gasteiger charge is 2.28. The summed E-state index contributed by atoms with van der Waals surface area (Å²) in [6, 6.07) is 18.8. The number of hydrogen-bond acceptors (Lipinski definition) is 4. The highest BCUT2D eigenvalue weighted by Crippen LogP contribution is 2.42. The number of phenols is 1. The Morgan fingerprint density at radius 2 is 1.60 bits per heavy atom. The van der Waals surface area contributed by atoms with Crippen molar-refractivity contribution in [1.82, 2.24) is 9.97 Å². The zero-order valence-corrected chi connectivity index (χ0v) is 13.1. The van der Waals surface area contributed by atoms with Gasteiger partial charge >= 0.3 is 0 Å². The highest BCUT2D eigenvalue weighted by atomic mass is 16.4. The van der Waals surface area contributed by atoms with E-state index in [4.69, 9.17) is 0 Å². The van der Waals surface area contributed by atoms with E-state index in [1.807, 2.05) is 42.5 Å². The van der Waals surface area contributed by atoms with Gasteiger partial charge < -0.3 is 15.3 Å². The summed E-state index contributed by atoms with van der Waals surface area (Å²) in [6.07, 6.45) is 0. The summed E-state index contributed by atoms with van der Waals surface area (Å²) < 4.78 is 0. The lowest BCUT2D eigenvalue weighted by atomic mass is 9.99. The molecule has 4 aromatic rings. The van der Waals surface area contributed by atoms with Crippen LogP contribution in [0.3, 0.4) is 0 Å². The molecule has 120 valence electrons. The maximum absolute atomic E-state index is 9.67. The lowest BCUT2D eigenvalue weighted by molar-refractivity contribution is 0.320. The van der Waals surface area contributed by atoms with E-state index in [0.29, 0.717) is 11.5 Å². The standard InChI is InChI=1S/C20H13N3O2/c24-11-8-9-16-17(10-11)22-20(21-16)15-7-3-6-14-18(15)12-4-1-2-5-13(12)19(14)23-25/h1-10,24-25H,(H,21,22)/b23-19+. The number of aromatic nitrogens is 2. The largest absolute Gasteiger partial charge is 0.508 e. The van der Waals surface area contributed by atoms with Crippen LogP contribution in [0.4, 0.5) is 0 Å². The van der Waals surface area contributed by atoms with Crippen LogP contribution in [0.1, 0.15) is 11.1 Å². The number of imidazole rings is 1. The van der Waals surface area contributed by atoms with Crippen LogP contribution in [0, 0.1) is 0 Å². The van der Waals surface area contributed by atoms with Gasteiger partial charge in [-0.25, -0.2) is 4.98 Å². The average Bonchev–Trinajstić information content (AvgIpc) is 3.19.